The number of hydrogen-bond acceptors (Lipinski definition) is 3. The molecule has 0 heterocycles. The molecule has 1 N–H and O–H groups in total. The monoisotopic (exact) mass is 222 g/mol. The zero-order chi connectivity index (χ0) is 11.3. The smallest absolute Gasteiger partial charge is 0.186 e. The molecule has 1 aromatic carbocycles. The highest BCUT2D eigenvalue weighted by atomic mass is 32.2. The molecule has 3 heteroatoms. The Morgan fingerprint density at radius 1 is 1.47 bits per heavy atom. The minimum Gasteiger partial charge on any atom is -0.508 e. The van der Waals surface area contributed by atoms with Gasteiger partial charge < -0.3 is 5.11 Å². The highest BCUT2D eigenvalue weighted by molar-refractivity contribution is 8.13. The van der Waals surface area contributed by atoms with Crippen LogP contribution >= 0.6 is 11.8 Å². The second-order valence-electron chi connectivity index (χ2n) is 3.31. The van der Waals surface area contributed by atoms with Crippen molar-refractivity contribution in [3.05, 3.63) is 35.4 Å². The Bertz CT molecular complexity index is 363. The van der Waals surface area contributed by atoms with Gasteiger partial charge in [-0.05, 0) is 30.2 Å². The fraction of sp³-hybridized carbons (Fsp3) is 0.250. The first-order chi connectivity index (χ1) is 7.08. The largest absolute Gasteiger partial charge is 0.508 e. The van der Waals surface area contributed by atoms with E-state index in [0.717, 1.165) is 11.1 Å². The fourth-order valence-electron chi connectivity index (χ4n) is 1.24. The van der Waals surface area contributed by atoms with E-state index in [2.05, 4.69) is 0 Å². The molecule has 2 nitrogen and oxygen atoms in total. The van der Waals surface area contributed by atoms with Crippen molar-refractivity contribution in [3.63, 3.8) is 0 Å². The Kier molecular flexibility index (Phi) is 4.43. The van der Waals surface area contributed by atoms with Gasteiger partial charge in [0.2, 0.25) is 0 Å². The van der Waals surface area contributed by atoms with Crippen LogP contribution in [0.3, 0.4) is 0 Å². The zero-order valence-electron chi connectivity index (χ0n) is 8.86. The van der Waals surface area contributed by atoms with Gasteiger partial charge in [0.1, 0.15) is 5.75 Å². The summed E-state index contributed by atoms with van der Waals surface area (Å²) in [6, 6.07) is 5.39. The first-order valence-electron chi connectivity index (χ1n) is 4.68. The summed E-state index contributed by atoms with van der Waals surface area (Å²) in [6.07, 6.45) is 3.82. The molecular formula is C12H14O2S. The standard InChI is InChI=1S/C12H14O2S/c1-9-6-11(8-12(14)7-9)4-3-5-15-10(2)13/h3-4,6-8,14H,5H2,1-2H3. The third-order valence-electron chi connectivity index (χ3n) is 1.78. The topological polar surface area (TPSA) is 37.3 Å². The highest BCUT2D eigenvalue weighted by Crippen LogP contribution is 2.16. The molecule has 0 saturated carbocycles. The molecule has 0 aromatic heterocycles. The van der Waals surface area contributed by atoms with Gasteiger partial charge in [-0.15, -0.1) is 0 Å². The highest BCUT2D eigenvalue weighted by Gasteiger charge is 1.94. The normalized spacial score (nSPS) is 10.8. The molecule has 0 amide bonds. The van der Waals surface area contributed by atoms with Crippen molar-refractivity contribution in [1.29, 1.82) is 0 Å². The van der Waals surface area contributed by atoms with Gasteiger partial charge in [-0.3, -0.25) is 4.79 Å². The van der Waals surface area contributed by atoms with Crippen LogP contribution in [0, 0.1) is 6.92 Å². The molecule has 0 aliphatic carbocycles. The number of carbonyl (C=O) groups is 1. The van der Waals surface area contributed by atoms with E-state index in [1.54, 1.807) is 19.1 Å². The van der Waals surface area contributed by atoms with Gasteiger partial charge in [-0.2, -0.15) is 0 Å². The van der Waals surface area contributed by atoms with E-state index in [4.69, 9.17) is 0 Å². The second-order valence-corrected chi connectivity index (χ2v) is 4.50. The van der Waals surface area contributed by atoms with Gasteiger partial charge in [0, 0.05) is 12.7 Å². The quantitative estimate of drug-likeness (QED) is 0.854. The summed E-state index contributed by atoms with van der Waals surface area (Å²) in [5.41, 5.74) is 1.98. The number of hydrogen-bond donors (Lipinski definition) is 1. The SMILES string of the molecule is CC(=O)SCC=Cc1cc(C)cc(O)c1. The second kappa shape index (κ2) is 5.61. The van der Waals surface area contributed by atoms with Crippen LogP contribution in [-0.2, 0) is 4.79 Å². The molecule has 0 saturated heterocycles. The van der Waals surface area contributed by atoms with Crippen LogP contribution in [0.4, 0.5) is 0 Å². The van der Waals surface area contributed by atoms with E-state index in [-0.39, 0.29) is 10.9 Å². The molecule has 15 heavy (non-hydrogen) atoms. The van der Waals surface area contributed by atoms with Crippen molar-refractivity contribution < 1.29 is 9.90 Å². The molecule has 0 radical (unpaired) electrons. The van der Waals surface area contributed by atoms with Gasteiger partial charge in [-0.1, -0.05) is 30.0 Å². The van der Waals surface area contributed by atoms with Crippen molar-refractivity contribution in [1.82, 2.24) is 0 Å². The summed E-state index contributed by atoms with van der Waals surface area (Å²) in [5, 5.41) is 9.46. The maximum absolute atomic E-state index is 10.7. The Hall–Kier alpha value is -1.22. The van der Waals surface area contributed by atoms with Gasteiger partial charge in [0.05, 0.1) is 0 Å². The Labute approximate surface area is 94.0 Å². The molecule has 1 aromatic rings. The molecule has 1 rings (SSSR count). The Morgan fingerprint density at radius 3 is 2.80 bits per heavy atom. The number of rotatable bonds is 3. The predicted octanol–water partition coefficient (Wildman–Crippen LogP) is 2.99. The average molecular weight is 222 g/mol. The van der Waals surface area contributed by atoms with Crippen molar-refractivity contribution in [2.75, 3.05) is 5.75 Å². The van der Waals surface area contributed by atoms with Gasteiger partial charge in [-0.25, -0.2) is 0 Å². The summed E-state index contributed by atoms with van der Waals surface area (Å²) in [7, 11) is 0. The molecule has 0 atom stereocenters. The third-order valence-corrected chi connectivity index (χ3v) is 2.54. The lowest BCUT2D eigenvalue weighted by atomic mass is 10.1. The van der Waals surface area contributed by atoms with Crippen molar-refractivity contribution >= 4 is 23.0 Å². The molecule has 80 valence electrons. The summed E-state index contributed by atoms with van der Waals surface area (Å²) in [6.45, 7) is 3.48. The lowest BCUT2D eigenvalue weighted by Crippen LogP contribution is -1.82. The van der Waals surface area contributed by atoms with Crippen LogP contribution < -0.4 is 0 Å². The molecule has 0 spiro atoms. The van der Waals surface area contributed by atoms with Crippen LogP contribution in [0.15, 0.2) is 24.3 Å². The molecule has 0 fully saturated rings. The third kappa shape index (κ3) is 4.70. The zero-order valence-corrected chi connectivity index (χ0v) is 9.67. The van der Waals surface area contributed by atoms with E-state index in [0.29, 0.717) is 5.75 Å². The van der Waals surface area contributed by atoms with Crippen molar-refractivity contribution in [2.45, 2.75) is 13.8 Å². The number of aromatic hydroxyl groups is 1. The number of phenols is 1. The summed E-state index contributed by atoms with van der Waals surface area (Å²) in [4.78, 5) is 10.7. The van der Waals surface area contributed by atoms with E-state index >= 15 is 0 Å². The van der Waals surface area contributed by atoms with Gasteiger partial charge in [0.15, 0.2) is 5.12 Å². The summed E-state index contributed by atoms with van der Waals surface area (Å²) >= 11 is 1.27. The lowest BCUT2D eigenvalue weighted by Gasteiger charge is -1.98. The Morgan fingerprint density at radius 2 is 2.20 bits per heavy atom. The van der Waals surface area contributed by atoms with Crippen LogP contribution in [-0.4, -0.2) is 16.0 Å². The summed E-state index contributed by atoms with van der Waals surface area (Å²) < 4.78 is 0. The maximum atomic E-state index is 10.7. The van der Waals surface area contributed by atoms with Crippen molar-refractivity contribution in [3.8, 4) is 5.75 Å². The minimum absolute atomic E-state index is 0.117. The van der Waals surface area contributed by atoms with Gasteiger partial charge >= 0.3 is 0 Å². The first-order valence-corrected chi connectivity index (χ1v) is 5.67. The van der Waals surface area contributed by atoms with Crippen LogP contribution in [0.1, 0.15) is 18.1 Å². The molecule has 0 aliphatic rings. The predicted molar refractivity (Wildman–Crippen MR) is 65.0 cm³/mol. The number of benzene rings is 1. The number of carbonyl (C=O) groups excluding carboxylic acids is 1. The van der Waals surface area contributed by atoms with Crippen molar-refractivity contribution in [2.24, 2.45) is 0 Å². The van der Waals surface area contributed by atoms with Crippen LogP contribution in [0.25, 0.3) is 6.08 Å². The van der Waals surface area contributed by atoms with E-state index < -0.39 is 0 Å². The van der Waals surface area contributed by atoms with E-state index in [1.165, 1.54) is 11.8 Å². The minimum atomic E-state index is 0.117. The fourth-order valence-corrected chi connectivity index (χ4v) is 1.66. The lowest BCUT2D eigenvalue weighted by molar-refractivity contribution is -0.109. The van der Waals surface area contributed by atoms with E-state index in [1.807, 2.05) is 25.1 Å². The van der Waals surface area contributed by atoms with Crippen LogP contribution in [0.5, 0.6) is 5.75 Å². The maximum Gasteiger partial charge on any atom is 0.186 e. The molecule has 0 unspecified atom stereocenters. The number of phenolic OH excluding ortho intramolecular Hbond substituents is 1. The molecule has 0 aliphatic heterocycles. The number of thioether (sulfide) groups is 1. The van der Waals surface area contributed by atoms with Gasteiger partial charge in [0.25, 0.3) is 0 Å². The molecule has 0 bridgehead atoms. The first kappa shape index (κ1) is 11.9. The molecular weight excluding hydrogens is 208 g/mol. The van der Waals surface area contributed by atoms with Crippen LogP contribution in [0.2, 0.25) is 0 Å². The van der Waals surface area contributed by atoms with E-state index in [9.17, 15) is 9.90 Å². The Balaban J connectivity index is 2.60. The summed E-state index contributed by atoms with van der Waals surface area (Å²) in [5.74, 6) is 0.943. The average Bonchev–Trinajstić information content (AvgIpc) is 2.10. The number of aryl methyl sites for hydroxylation is 1.